The predicted molar refractivity (Wildman–Crippen MR) is 110 cm³/mol. The smallest absolute Gasteiger partial charge is 0.257 e. The summed E-state index contributed by atoms with van der Waals surface area (Å²) in [6.45, 7) is 2.03. The summed E-state index contributed by atoms with van der Waals surface area (Å²) in [4.78, 5) is 16.9. The van der Waals surface area contributed by atoms with Crippen molar-refractivity contribution in [3.05, 3.63) is 57.8 Å². The topological polar surface area (TPSA) is 35.6 Å². The fourth-order valence-electron chi connectivity index (χ4n) is 3.32. The average molecular weight is 410 g/mol. The highest BCUT2D eigenvalue weighted by molar-refractivity contribution is 6.37. The van der Waals surface area contributed by atoms with Gasteiger partial charge in [-0.05, 0) is 69.4 Å². The Morgan fingerprint density at radius 3 is 2.56 bits per heavy atom. The number of hydrogen-bond donors (Lipinski definition) is 1. The molecule has 1 saturated heterocycles. The molecular formula is C20H22Cl2FN3O. The molecule has 4 nitrogen and oxygen atoms in total. The molecule has 1 N–H and O–H groups in total. The van der Waals surface area contributed by atoms with Crippen LogP contribution in [-0.2, 0) is 0 Å². The molecule has 27 heavy (non-hydrogen) atoms. The molecule has 0 aliphatic carbocycles. The molecule has 2 aromatic rings. The summed E-state index contributed by atoms with van der Waals surface area (Å²) < 4.78 is 14.2. The molecule has 3 rings (SSSR count). The van der Waals surface area contributed by atoms with Gasteiger partial charge >= 0.3 is 0 Å². The van der Waals surface area contributed by atoms with Crippen molar-refractivity contribution in [2.24, 2.45) is 0 Å². The summed E-state index contributed by atoms with van der Waals surface area (Å²) in [5.74, 6) is -0.806. The number of rotatable bonds is 4. The highest BCUT2D eigenvalue weighted by atomic mass is 35.5. The van der Waals surface area contributed by atoms with E-state index in [2.05, 4.69) is 22.2 Å². The van der Waals surface area contributed by atoms with Gasteiger partial charge in [-0.1, -0.05) is 23.2 Å². The molecule has 7 heteroatoms. The molecule has 1 amide bonds. The first kappa shape index (κ1) is 19.9. The molecule has 0 unspecified atom stereocenters. The molecule has 0 bridgehead atoms. The molecule has 0 spiro atoms. The number of halogens is 3. The highest BCUT2D eigenvalue weighted by Gasteiger charge is 2.22. The zero-order valence-electron chi connectivity index (χ0n) is 15.3. The lowest BCUT2D eigenvalue weighted by Gasteiger charge is -2.36. The minimum atomic E-state index is -0.407. The number of piperidine rings is 1. The molecule has 0 aromatic heterocycles. The molecule has 1 heterocycles. The number of carbonyl (C=O) groups is 1. The van der Waals surface area contributed by atoms with Crippen molar-refractivity contribution in [3.8, 4) is 0 Å². The lowest BCUT2D eigenvalue weighted by molar-refractivity contribution is 0.102. The third-order valence-corrected chi connectivity index (χ3v) is 5.51. The summed E-state index contributed by atoms with van der Waals surface area (Å²) >= 11 is 12.0. The van der Waals surface area contributed by atoms with Gasteiger partial charge in [-0.15, -0.1) is 0 Å². The minimum absolute atomic E-state index is 0.250. The zero-order chi connectivity index (χ0) is 19.6. The van der Waals surface area contributed by atoms with Crippen LogP contribution in [0.2, 0.25) is 10.0 Å². The van der Waals surface area contributed by atoms with Crippen LogP contribution in [0.4, 0.5) is 15.8 Å². The number of likely N-dealkylation sites (tertiary alicyclic amines) is 1. The van der Waals surface area contributed by atoms with Crippen molar-refractivity contribution in [2.75, 3.05) is 37.4 Å². The van der Waals surface area contributed by atoms with Crippen molar-refractivity contribution < 1.29 is 9.18 Å². The normalized spacial score (nSPS) is 15.6. The molecule has 0 saturated carbocycles. The Balaban J connectivity index is 1.77. The van der Waals surface area contributed by atoms with Crippen LogP contribution in [0.15, 0.2) is 36.4 Å². The van der Waals surface area contributed by atoms with Crippen molar-refractivity contribution in [3.63, 3.8) is 0 Å². The lowest BCUT2D eigenvalue weighted by Crippen LogP contribution is -2.42. The Kier molecular flexibility index (Phi) is 6.25. The summed E-state index contributed by atoms with van der Waals surface area (Å²) in [6, 6.07) is 9.55. The maximum Gasteiger partial charge on any atom is 0.257 e. The van der Waals surface area contributed by atoms with Gasteiger partial charge in [-0.25, -0.2) is 4.39 Å². The van der Waals surface area contributed by atoms with Gasteiger partial charge in [0.1, 0.15) is 5.82 Å². The second-order valence-electron chi connectivity index (χ2n) is 6.92. The maximum atomic E-state index is 14.2. The van der Waals surface area contributed by atoms with Crippen LogP contribution in [0, 0.1) is 5.82 Å². The van der Waals surface area contributed by atoms with E-state index < -0.39 is 11.7 Å². The molecule has 144 valence electrons. The SMILES string of the molecule is CN1CCC(N(C)c2cc(F)cc(NC(=O)c3ccc(Cl)cc3Cl)c2)CC1. The first-order chi connectivity index (χ1) is 12.8. The van der Waals surface area contributed by atoms with E-state index in [0.717, 1.165) is 31.6 Å². The standard InChI is InChI=1S/C20H22Cl2FN3O/c1-25-7-5-16(6-8-25)26(2)17-11-14(23)10-15(12-17)24-20(27)18-4-3-13(21)9-19(18)22/h3-4,9-12,16H,5-8H2,1-2H3,(H,24,27). The fraction of sp³-hybridized carbons (Fsp3) is 0.350. The van der Waals surface area contributed by atoms with E-state index in [4.69, 9.17) is 23.2 Å². The molecule has 2 aromatic carbocycles. The first-order valence-electron chi connectivity index (χ1n) is 8.82. The highest BCUT2D eigenvalue weighted by Crippen LogP contribution is 2.27. The molecule has 1 fully saturated rings. The van der Waals surface area contributed by atoms with E-state index in [9.17, 15) is 9.18 Å². The van der Waals surface area contributed by atoms with Crippen LogP contribution in [-0.4, -0.2) is 44.0 Å². The minimum Gasteiger partial charge on any atom is -0.371 e. The van der Waals surface area contributed by atoms with Crippen LogP contribution >= 0.6 is 23.2 Å². The third-order valence-electron chi connectivity index (χ3n) is 4.96. The molecule has 1 aliphatic heterocycles. The monoisotopic (exact) mass is 409 g/mol. The van der Waals surface area contributed by atoms with Crippen LogP contribution in [0.3, 0.4) is 0 Å². The Bertz CT molecular complexity index is 838. The van der Waals surface area contributed by atoms with Gasteiger partial charge in [-0.3, -0.25) is 4.79 Å². The molecule has 0 atom stereocenters. The van der Waals surface area contributed by atoms with Crippen molar-refractivity contribution in [1.29, 1.82) is 0 Å². The van der Waals surface area contributed by atoms with E-state index >= 15 is 0 Å². The number of nitrogens with zero attached hydrogens (tertiary/aromatic N) is 2. The summed E-state index contributed by atoms with van der Waals surface area (Å²) in [5, 5.41) is 3.42. The fourth-order valence-corrected chi connectivity index (χ4v) is 3.81. The van der Waals surface area contributed by atoms with E-state index in [1.165, 1.54) is 18.2 Å². The van der Waals surface area contributed by atoms with Gasteiger partial charge < -0.3 is 15.1 Å². The van der Waals surface area contributed by atoms with Gasteiger partial charge in [0.05, 0.1) is 10.6 Å². The first-order valence-corrected chi connectivity index (χ1v) is 9.57. The van der Waals surface area contributed by atoms with Crippen LogP contribution in [0.25, 0.3) is 0 Å². The largest absolute Gasteiger partial charge is 0.371 e. The number of carbonyl (C=O) groups excluding carboxylic acids is 1. The van der Waals surface area contributed by atoms with Crippen molar-refractivity contribution >= 4 is 40.5 Å². The molecule has 0 radical (unpaired) electrons. The lowest BCUT2D eigenvalue weighted by atomic mass is 10.0. The predicted octanol–water partition coefficient (Wildman–Crippen LogP) is 4.92. The Hall–Kier alpha value is -1.82. The van der Waals surface area contributed by atoms with Gasteiger partial charge in [0.2, 0.25) is 0 Å². The Morgan fingerprint density at radius 1 is 1.19 bits per heavy atom. The van der Waals surface area contributed by atoms with E-state index in [-0.39, 0.29) is 10.6 Å². The van der Waals surface area contributed by atoms with Crippen molar-refractivity contribution in [2.45, 2.75) is 18.9 Å². The average Bonchev–Trinajstić information content (AvgIpc) is 2.61. The van der Waals surface area contributed by atoms with Gasteiger partial charge in [0.25, 0.3) is 5.91 Å². The van der Waals surface area contributed by atoms with E-state index in [1.807, 2.05) is 7.05 Å². The summed E-state index contributed by atoms with van der Waals surface area (Å²) in [7, 11) is 4.07. The van der Waals surface area contributed by atoms with Crippen LogP contribution < -0.4 is 10.2 Å². The van der Waals surface area contributed by atoms with E-state index in [0.29, 0.717) is 16.8 Å². The van der Waals surface area contributed by atoms with Crippen LogP contribution in [0.5, 0.6) is 0 Å². The second-order valence-corrected chi connectivity index (χ2v) is 7.77. The molecular weight excluding hydrogens is 388 g/mol. The number of anilines is 2. The maximum absolute atomic E-state index is 14.2. The van der Waals surface area contributed by atoms with E-state index in [1.54, 1.807) is 18.2 Å². The number of hydrogen-bond acceptors (Lipinski definition) is 3. The zero-order valence-corrected chi connectivity index (χ0v) is 16.8. The Morgan fingerprint density at radius 2 is 1.89 bits per heavy atom. The molecule has 1 aliphatic rings. The number of nitrogens with one attached hydrogen (secondary N) is 1. The quantitative estimate of drug-likeness (QED) is 0.778. The van der Waals surface area contributed by atoms with Gasteiger partial charge in [-0.2, -0.15) is 0 Å². The Labute approximate surface area is 168 Å². The van der Waals surface area contributed by atoms with Crippen LogP contribution in [0.1, 0.15) is 23.2 Å². The summed E-state index contributed by atoms with van der Waals surface area (Å²) in [6.07, 6.45) is 2.04. The second kappa shape index (κ2) is 8.46. The third kappa shape index (κ3) is 4.92. The number of benzene rings is 2. The van der Waals surface area contributed by atoms with Crippen molar-refractivity contribution in [1.82, 2.24) is 4.90 Å². The summed E-state index contributed by atoms with van der Waals surface area (Å²) in [5.41, 5.74) is 1.42. The van der Waals surface area contributed by atoms with Gasteiger partial charge in [0, 0.05) is 29.5 Å². The number of amides is 1. The van der Waals surface area contributed by atoms with Gasteiger partial charge in [0.15, 0.2) is 0 Å².